The quantitative estimate of drug-likeness (QED) is 0.531. The van der Waals surface area contributed by atoms with Crippen molar-refractivity contribution < 1.29 is 14.2 Å². The first-order valence-corrected chi connectivity index (χ1v) is 4.08. The minimum atomic E-state index is -0.449. The summed E-state index contributed by atoms with van der Waals surface area (Å²) >= 11 is 0. The molecule has 0 aromatic carbocycles. The summed E-state index contributed by atoms with van der Waals surface area (Å²) in [7, 11) is 0. The molecule has 64 valence electrons. The van der Waals surface area contributed by atoms with Crippen LogP contribution in [0.5, 0.6) is 0 Å². The molecule has 0 aromatic rings. The van der Waals surface area contributed by atoms with Crippen molar-refractivity contribution in [3.8, 4) is 0 Å². The van der Waals surface area contributed by atoms with Crippen LogP contribution in [-0.4, -0.2) is 24.3 Å². The van der Waals surface area contributed by atoms with Crippen molar-refractivity contribution in [1.29, 1.82) is 0 Å². The molecular formula is C8H14O3. The van der Waals surface area contributed by atoms with Gasteiger partial charge in [0.05, 0.1) is 6.10 Å². The van der Waals surface area contributed by atoms with Crippen molar-refractivity contribution in [2.24, 2.45) is 0 Å². The van der Waals surface area contributed by atoms with Crippen LogP contribution in [0.25, 0.3) is 0 Å². The Labute approximate surface area is 66.6 Å². The highest BCUT2D eigenvalue weighted by Crippen LogP contribution is 2.36. The molecule has 11 heavy (non-hydrogen) atoms. The van der Waals surface area contributed by atoms with Gasteiger partial charge in [0.15, 0.2) is 12.1 Å². The van der Waals surface area contributed by atoms with Gasteiger partial charge in [0.25, 0.3) is 0 Å². The maximum Gasteiger partial charge on any atom is 0.187 e. The third-order valence-electron chi connectivity index (χ3n) is 2.07. The molecular weight excluding hydrogens is 144 g/mol. The molecule has 2 rings (SSSR count). The van der Waals surface area contributed by atoms with Gasteiger partial charge in [-0.2, -0.15) is 0 Å². The van der Waals surface area contributed by atoms with Crippen LogP contribution in [0.4, 0.5) is 0 Å². The van der Waals surface area contributed by atoms with Crippen LogP contribution < -0.4 is 0 Å². The van der Waals surface area contributed by atoms with Crippen LogP contribution in [0.2, 0.25) is 0 Å². The van der Waals surface area contributed by atoms with Crippen molar-refractivity contribution in [3.05, 3.63) is 0 Å². The fourth-order valence-corrected chi connectivity index (χ4v) is 1.69. The Morgan fingerprint density at radius 1 is 1.27 bits per heavy atom. The van der Waals surface area contributed by atoms with E-state index in [2.05, 4.69) is 0 Å². The van der Waals surface area contributed by atoms with Crippen LogP contribution in [0.15, 0.2) is 0 Å². The van der Waals surface area contributed by atoms with E-state index in [1.54, 1.807) is 0 Å². The molecule has 0 spiro atoms. The summed E-state index contributed by atoms with van der Waals surface area (Å²) in [6, 6.07) is 0. The minimum absolute atomic E-state index is 0.125. The minimum Gasteiger partial charge on any atom is -0.347 e. The molecule has 0 bridgehead atoms. The topological polar surface area (TPSA) is 27.7 Å². The van der Waals surface area contributed by atoms with E-state index < -0.39 is 5.79 Å². The lowest BCUT2D eigenvalue weighted by Gasteiger charge is -2.18. The fraction of sp³-hybridized carbons (Fsp3) is 1.00. The zero-order valence-corrected chi connectivity index (χ0v) is 7.16. The molecule has 0 saturated carbocycles. The SMILES string of the molecule is C[C@@H]1C[C@H]2OC(C)(C)O[C@H]2O1. The highest BCUT2D eigenvalue weighted by atomic mass is 16.8. The van der Waals surface area contributed by atoms with Gasteiger partial charge < -0.3 is 14.2 Å². The molecule has 0 N–H and O–H groups in total. The van der Waals surface area contributed by atoms with Gasteiger partial charge in [-0.25, -0.2) is 0 Å². The molecule has 3 atom stereocenters. The number of ether oxygens (including phenoxy) is 3. The van der Waals surface area contributed by atoms with Gasteiger partial charge in [0.2, 0.25) is 0 Å². The first-order chi connectivity index (χ1) is 5.07. The van der Waals surface area contributed by atoms with Crippen molar-refractivity contribution in [2.75, 3.05) is 0 Å². The van der Waals surface area contributed by atoms with E-state index in [4.69, 9.17) is 14.2 Å². The molecule has 0 radical (unpaired) electrons. The standard InChI is InChI=1S/C8H14O3/c1-5-4-6-7(9-5)11-8(2,3)10-6/h5-7H,4H2,1-3H3/t5-,6-,7-/m1/s1. The molecule has 0 unspecified atom stereocenters. The highest BCUT2D eigenvalue weighted by Gasteiger charge is 2.47. The Morgan fingerprint density at radius 2 is 2.00 bits per heavy atom. The van der Waals surface area contributed by atoms with Crippen molar-refractivity contribution in [1.82, 2.24) is 0 Å². The second-order valence-electron chi connectivity index (χ2n) is 3.72. The van der Waals surface area contributed by atoms with Crippen LogP contribution in [0, 0.1) is 0 Å². The van der Waals surface area contributed by atoms with Crippen molar-refractivity contribution in [2.45, 2.75) is 51.5 Å². The molecule has 0 aromatic heterocycles. The lowest BCUT2D eigenvalue weighted by Crippen LogP contribution is -2.24. The summed E-state index contributed by atoms with van der Waals surface area (Å²) in [6.45, 7) is 5.87. The molecule has 0 amide bonds. The van der Waals surface area contributed by atoms with Crippen LogP contribution in [-0.2, 0) is 14.2 Å². The summed E-state index contributed by atoms with van der Waals surface area (Å²) in [6.07, 6.45) is 1.26. The Bertz CT molecular complexity index is 151. The predicted octanol–water partition coefficient (Wildman–Crippen LogP) is 1.27. The van der Waals surface area contributed by atoms with E-state index in [-0.39, 0.29) is 18.5 Å². The number of hydrogen-bond acceptors (Lipinski definition) is 3. The second-order valence-corrected chi connectivity index (χ2v) is 3.72. The van der Waals surface area contributed by atoms with E-state index in [0.29, 0.717) is 0 Å². The third kappa shape index (κ3) is 1.28. The molecule has 3 nitrogen and oxygen atoms in total. The van der Waals surface area contributed by atoms with Gasteiger partial charge >= 0.3 is 0 Å². The van der Waals surface area contributed by atoms with Gasteiger partial charge in [0.1, 0.15) is 6.10 Å². The number of fused-ring (bicyclic) bond motifs is 1. The average molecular weight is 158 g/mol. The monoisotopic (exact) mass is 158 g/mol. The van der Waals surface area contributed by atoms with Gasteiger partial charge in [0, 0.05) is 6.42 Å². The summed E-state index contributed by atoms with van der Waals surface area (Å²) in [4.78, 5) is 0. The lowest BCUT2D eigenvalue weighted by molar-refractivity contribution is -0.202. The maximum atomic E-state index is 5.60. The summed E-state index contributed by atoms with van der Waals surface area (Å²) in [5, 5.41) is 0. The van der Waals surface area contributed by atoms with E-state index in [9.17, 15) is 0 Å². The highest BCUT2D eigenvalue weighted by molar-refractivity contribution is 4.83. The summed E-state index contributed by atoms with van der Waals surface area (Å²) in [5.74, 6) is -0.449. The van der Waals surface area contributed by atoms with Crippen LogP contribution in [0.1, 0.15) is 27.2 Å². The summed E-state index contributed by atoms with van der Waals surface area (Å²) in [5.41, 5.74) is 0. The predicted molar refractivity (Wildman–Crippen MR) is 39.0 cm³/mol. The molecule has 2 heterocycles. The van der Waals surface area contributed by atoms with E-state index in [0.717, 1.165) is 6.42 Å². The Kier molecular flexibility index (Phi) is 1.50. The normalized spacial score (nSPS) is 47.7. The molecule has 3 heteroatoms. The van der Waals surface area contributed by atoms with Gasteiger partial charge in [-0.05, 0) is 20.8 Å². The number of hydrogen-bond donors (Lipinski definition) is 0. The fourth-order valence-electron chi connectivity index (χ4n) is 1.69. The zero-order chi connectivity index (χ0) is 8.06. The van der Waals surface area contributed by atoms with Gasteiger partial charge in [-0.1, -0.05) is 0 Å². The second kappa shape index (κ2) is 2.19. The molecule has 2 aliphatic heterocycles. The van der Waals surface area contributed by atoms with Gasteiger partial charge in [-0.3, -0.25) is 0 Å². The third-order valence-corrected chi connectivity index (χ3v) is 2.07. The molecule has 2 saturated heterocycles. The Hall–Kier alpha value is -0.120. The van der Waals surface area contributed by atoms with E-state index >= 15 is 0 Å². The van der Waals surface area contributed by atoms with E-state index in [1.165, 1.54) is 0 Å². The van der Waals surface area contributed by atoms with Gasteiger partial charge in [-0.15, -0.1) is 0 Å². The molecule has 2 fully saturated rings. The van der Waals surface area contributed by atoms with Crippen molar-refractivity contribution in [3.63, 3.8) is 0 Å². The lowest BCUT2D eigenvalue weighted by atomic mass is 10.2. The molecule has 2 aliphatic rings. The smallest absolute Gasteiger partial charge is 0.187 e. The zero-order valence-electron chi connectivity index (χ0n) is 7.16. The average Bonchev–Trinajstić information content (AvgIpc) is 2.17. The number of rotatable bonds is 0. The van der Waals surface area contributed by atoms with Crippen LogP contribution >= 0.6 is 0 Å². The first-order valence-electron chi connectivity index (χ1n) is 4.08. The maximum absolute atomic E-state index is 5.60. The summed E-state index contributed by atoms with van der Waals surface area (Å²) < 4.78 is 16.6. The first kappa shape index (κ1) is 7.53. The van der Waals surface area contributed by atoms with Crippen molar-refractivity contribution >= 4 is 0 Å². The molecule has 0 aliphatic carbocycles. The van der Waals surface area contributed by atoms with Crippen LogP contribution in [0.3, 0.4) is 0 Å². The van der Waals surface area contributed by atoms with E-state index in [1.807, 2.05) is 20.8 Å². The largest absolute Gasteiger partial charge is 0.347 e. The Morgan fingerprint density at radius 3 is 2.64 bits per heavy atom. The Balaban J connectivity index is 2.04.